The minimum atomic E-state index is -0.303. The van der Waals surface area contributed by atoms with E-state index in [1.54, 1.807) is 4.90 Å². The molecular formula is C19H26N2O4. The van der Waals surface area contributed by atoms with Gasteiger partial charge in [-0.1, -0.05) is 30.3 Å². The normalized spacial score (nSPS) is 20.6. The van der Waals surface area contributed by atoms with Crippen LogP contribution in [0.15, 0.2) is 30.3 Å². The zero-order chi connectivity index (χ0) is 17.7. The topological polar surface area (TPSA) is 59.1 Å². The van der Waals surface area contributed by atoms with E-state index in [1.807, 2.05) is 42.3 Å². The highest BCUT2D eigenvalue weighted by atomic mass is 16.5. The molecule has 1 aromatic carbocycles. The lowest BCUT2D eigenvalue weighted by Crippen LogP contribution is -2.53. The van der Waals surface area contributed by atoms with Crippen LogP contribution in [0, 0.1) is 0 Å². The second-order valence-corrected chi connectivity index (χ2v) is 6.89. The van der Waals surface area contributed by atoms with Gasteiger partial charge in [0.05, 0.1) is 25.2 Å². The molecule has 2 saturated heterocycles. The highest BCUT2D eigenvalue weighted by molar-refractivity contribution is 5.78. The van der Waals surface area contributed by atoms with Crippen molar-refractivity contribution >= 4 is 11.8 Å². The van der Waals surface area contributed by atoms with Crippen LogP contribution < -0.4 is 0 Å². The zero-order valence-electron chi connectivity index (χ0n) is 14.8. The Bertz CT molecular complexity index is 597. The second-order valence-electron chi connectivity index (χ2n) is 6.89. The van der Waals surface area contributed by atoms with Crippen LogP contribution in [0.1, 0.15) is 24.8 Å². The maximum Gasteiger partial charge on any atom is 0.248 e. The summed E-state index contributed by atoms with van der Waals surface area (Å²) in [4.78, 5) is 27.7. The Morgan fingerprint density at radius 2 is 1.96 bits per heavy atom. The SMILES string of the molecule is CN1CC2(CCN(C(=O)COCc3ccccc3)CC2)OCCC1=O. The first-order valence-electron chi connectivity index (χ1n) is 8.85. The lowest BCUT2D eigenvalue weighted by molar-refractivity contribution is -0.144. The van der Waals surface area contributed by atoms with Crippen LogP contribution in [0.3, 0.4) is 0 Å². The number of ether oxygens (including phenoxy) is 2. The summed E-state index contributed by atoms with van der Waals surface area (Å²) in [6, 6.07) is 9.84. The predicted molar refractivity (Wildman–Crippen MR) is 92.8 cm³/mol. The van der Waals surface area contributed by atoms with E-state index >= 15 is 0 Å². The Morgan fingerprint density at radius 3 is 2.68 bits per heavy atom. The molecule has 2 aliphatic heterocycles. The second kappa shape index (κ2) is 7.97. The van der Waals surface area contributed by atoms with Gasteiger partial charge in [-0.2, -0.15) is 0 Å². The van der Waals surface area contributed by atoms with Crippen molar-refractivity contribution in [2.45, 2.75) is 31.5 Å². The predicted octanol–water partition coefficient (Wildman–Crippen LogP) is 1.44. The fourth-order valence-electron chi connectivity index (χ4n) is 3.50. The van der Waals surface area contributed by atoms with Gasteiger partial charge in [-0.25, -0.2) is 0 Å². The standard InChI is InChI=1S/C19H26N2O4/c1-20-15-19(25-12-7-17(20)22)8-10-21(11-9-19)18(23)14-24-13-16-5-3-2-4-6-16/h2-6H,7-15H2,1H3. The molecule has 0 aromatic heterocycles. The molecule has 0 radical (unpaired) electrons. The number of rotatable bonds is 4. The van der Waals surface area contributed by atoms with Crippen molar-refractivity contribution in [2.75, 3.05) is 39.9 Å². The van der Waals surface area contributed by atoms with Crippen molar-refractivity contribution in [2.24, 2.45) is 0 Å². The number of amides is 2. The Labute approximate surface area is 148 Å². The number of hydrogen-bond donors (Lipinski definition) is 0. The van der Waals surface area contributed by atoms with E-state index in [-0.39, 0.29) is 24.0 Å². The molecule has 0 bridgehead atoms. The monoisotopic (exact) mass is 346 g/mol. The molecule has 0 atom stereocenters. The molecule has 1 spiro atoms. The number of nitrogens with zero attached hydrogens (tertiary/aromatic N) is 2. The third-order valence-electron chi connectivity index (χ3n) is 5.04. The van der Waals surface area contributed by atoms with E-state index in [4.69, 9.17) is 9.47 Å². The number of hydrogen-bond acceptors (Lipinski definition) is 4. The Kier molecular flexibility index (Phi) is 5.71. The molecule has 2 fully saturated rings. The molecular weight excluding hydrogens is 320 g/mol. The van der Waals surface area contributed by atoms with Crippen LogP contribution in [0.25, 0.3) is 0 Å². The molecule has 2 aliphatic rings. The highest BCUT2D eigenvalue weighted by Gasteiger charge is 2.40. The summed E-state index contributed by atoms with van der Waals surface area (Å²) in [6.07, 6.45) is 1.96. The molecule has 3 rings (SSSR count). The van der Waals surface area contributed by atoms with Crippen molar-refractivity contribution in [3.63, 3.8) is 0 Å². The number of likely N-dealkylation sites (N-methyl/N-ethyl adjacent to an activating group) is 1. The van der Waals surface area contributed by atoms with Crippen LogP contribution in [0.2, 0.25) is 0 Å². The Morgan fingerprint density at radius 1 is 1.24 bits per heavy atom. The van der Waals surface area contributed by atoms with Crippen molar-refractivity contribution in [3.8, 4) is 0 Å². The van der Waals surface area contributed by atoms with Gasteiger partial charge in [0.25, 0.3) is 0 Å². The van der Waals surface area contributed by atoms with Gasteiger partial charge < -0.3 is 19.3 Å². The summed E-state index contributed by atoms with van der Waals surface area (Å²) < 4.78 is 11.6. The highest BCUT2D eigenvalue weighted by Crippen LogP contribution is 2.29. The molecule has 0 saturated carbocycles. The van der Waals surface area contributed by atoms with Gasteiger partial charge in [-0.3, -0.25) is 9.59 Å². The largest absolute Gasteiger partial charge is 0.372 e. The van der Waals surface area contributed by atoms with E-state index in [1.165, 1.54) is 0 Å². The van der Waals surface area contributed by atoms with Gasteiger partial charge in [0.1, 0.15) is 6.61 Å². The summed E-state index contributed by atoms with van der Waals surface area (Å²) in [7, 11) is 1.83. The molecule has 2 heterocycles. The van der Waals surface area contributed by atoms with E-state index in [0.717, 1.165) is 18.4 Å². The number of carbonyl (C=O) groups is 2. The van der Waals surface area contributed by atoms with Crippen LogP contribution in [0.5, 0.6) is 0 Å². The van der Waals surface area contributed by atoms with Gasteiger partial charge in [0, 0.05) is 26.7 Å². The Hall–Kier alpha value is -1.92. The number of likely N-dealkylation sites (tertiary alicyclic amines) is 1. The number of piperidine rings is 1. The maximum atomic E-state index is 12.3. The van der Waals surface area contributed by atoms with Gasteiger partial charge in [-0.05, 0) is 18.4 Å². The molecule has 0 N–H and O–H groups in total. The first-order chi connectivity index (χ1) is 12.1. The summed E-state index contributed by atoms with van der Waals surface area (Å²) in [5.74, 6) is 0.147. The average Bonchev–Trinajstić information content (AvgIpc) is 2.75. The Balaban J connectivity index is 1.45. The summed E-state index contributed by atoms with van der Waals surface area (Å²) in [5, 5.41) is 0. The van der Waals surface area contributed by atoms with E-state index < -0.39 is 0 Å². The molecule has 0 unspecified atom stereocenters. The molecule has 25 heavy (non-hydrogen) atoms. The summed E-state index contributed by atoms with van der Waals surface area (Å²) >= 11 is 0. The molecule has 2 amide bonds. The van der Waals surface area contributed by atoms with Gasteiger partial charge in [0.15, 0.2) is 0 Å². The quantitative estimate of drug-likeness (QED) is 0.828. The van der Waals surface area contributed by atoms with E-state index in [9.17, 15) is 9.59 Å². The molecule has 6 heteroatoms. The summed E-state index contributed by atoms with van der Waals surface area (Å²) in [6.45, 7) is 2.92. The van der Waals surface area contributed by atoms with Crippen molar-refractivity contribution in [1.29, 1.82) is 0 Å². The summed E-state index contributed by atoms with van der Waals surface area (Å²) in [5.41, 5.74) is 0.759. The van der Waals surface area contributed by atoms with Crippen molar-refractivity contribution in [3.05, 3.63) is 35.9 Å². The first kappa shape index (κ1) is 17.9. The van der Waals surface area contributed by atoms with Crippen molar-refractivity contribution < 1.29 is 19.1 Å². The number of benzene rings is 1. The molecule has 0 aliphatic carbocycles. The smallest absolute Gasteiger partial charge is 0.248 e. The van der Waals surface area contributed by atoms with E-state index in [2.05, 4.69) is 0 Å². The van der Waals surface area contributed by atoms with Crippen LogP contribution >= 0.6 is 0 Å². The third-order valence-corrected chi connectivity index (χ3v) is 5.04. The lowest BCUT2D eigenvalue weighted by atomic mass is 9.90. The van der Waals surface area contributed by atoms with Crippen LogP contribution in [-0.2, 0) is 25.7 Å². The fraction of sp³-hybridized carbons (Fsp3) is 0.579. The van der Waals surface area contributed by atoms with Gasteiger partial charge in [-0.15, -0.1) is 0 Å². The zero-order valence-corrected chi connectivity index (χ0v) is 14.8. The number of carbonyl (C=O) groups excluding carboxylic acids is 2. The van der Waals surface area contributed by atoms with Gasteiger partial charge in [0.2, 0.25) is 11.8 Å². The fourth-order valence-corrected chi connectivity index (χ4v) is 3.50. The third kappa shape index (κ3) is 4.58. The minimum absolute atomic E-state index is 0.0174. The average molecular weight is 346 g/mol. The van der Waals surface area contributed by atoms with Crippen LogP contribution in [0.4, 0.5) is 0 Å². The maximum absolute atomic E-state index is 12.3. The molecule has 136 valence electrons. The van der Waals surface area contributed by atoms with Gasteiger partial charge >= 0.3 is 0 Å². The minimum Gasteiger partial charge on any atom is -0.372 e. The first-order valence-corrected chi connectivity index (χ1v) is 8.85. The molecule has 1 aromatic rings. The van der Waals surface area contributed by atoms with Crippen molar-refractivity contribution in [1.82, 2.24) is 9.80 Å². The molecule has 6 nitrogen and oxygen atoms in total. The lowest BCUT2D eigenvalue weighted by Gasteiger charge is -2.42. The van der Waals surface area contributed by atoms with Crippen LogP contribution in [-0.4, -0.2) is 67.1 Å². The van der Waals surface area contributed by atoms with E-state index in [0.29, 0.717) is 39.3 Å².